The van der Waals surface area contributed by atoms with Gasteiger partial charge in [0.1, 0.15) is 0 Å². The molecular weight excluding hydrogens is 319 g/mol. The first-order valence-electron chi connectivity index (χ1n) is 6.80. The maximum atomic E-state index is 2.47. The van der Waals surface area contributed by atoms with Gasteiger partial charge < -0.3 is 0 Å². The zero-order valence-electron chi connectivity index (χ0n) is 12.7. The van der Waals surface area contributed by atoms with Crippen LogP contribution in [0.5, 0.6) is 0 Å². The molecule has 0 saturated heterocycles. The van der Waals surface area contributed by atoms with Gasteiger partial charge in [0.05, 0.1) is 0 Å². The molecule has 0 fully saturated rings. The van der Waals surface area contributed by atoms with Crippen molar-refractivity contribution in [1.29, 1.82) is 0 Å². The van der Waals surface area contributed by atoms with E-state index in [2.05, 4.69) is 43.3 Å². The first kappa shape index (κ1) is 29.0. The minimum absolute atomic E-state index is 0. The van der Waals surface area contributed by atoms with Crippen LogP contribution in [0.4, 0.5) is 23.5 Å². The molecule has 0 radical (unpaired) electrons. The summed E-state index contributed by atoms with van der Waals surface area (Å²) < 4.78 is 0. The van der Waals surface area contributed by atoms with Crippen molar-refractivity contribution in [3.05, 3.63) is 41.3 Å². The van der Waals surface area contributed by atoms with Crippen LogP contribution in [0.1, 0.15) is 45.4 Å². The van der Waals surface area contributed by atoms with E-state index in [1.54, 1.807) is 4.91 Å². The summed E-state index contributed by atoms with van der Waals surface area (Å²) in [5.74, 6) is 0.954. The number of unbranched alkanes of at least 4 members (excludes halogenated alkanes) is 1. The van der Waals surface area contributed by atoms with Crippen molar-refractivity contribution in [1.82, 2.24) is 0 Å². The number of rotatable bonds is 5. The van der Waals surface area contributed by atoms with Crippen LogP contribution in [-0.2, 0) is 0 Å². The van der Waals surface area contributed by atoms with Crippen LogP contribution in [0.15, 0.2) is 46.2 Å². The third-order valence-electron chi connectivity index (χ3n) is 3.44. The van der Waals surface area contributed by atoms with Crippen molar-refractivity contribution < 1.29 is 23.5 Å². The van der Waals surface area contributed by atoms with Crippen LogP contribution in [0.3, 0.4) is 0 Å². The van der Waals surface area contributed by atoms with E-state index in [1.807, 2.05) is 11.8 Å². The predicted molar refractivity (Wildman–Crippen MR) is 89.8 cm³/mol. The summed E-state index contributed by atoms with van der Waals surface area (Å²) in [5.41, 5.74) is 0. The summed E-state index contributed by atoms with van der Waals surface area (Å²) in [5, 5.41) is 0. The van der Waals surface area contributed by atoms with E-state index in [1.165, 1.54) is 43.4 Å². The molecule has 0 N–H and O–H groups in total. The molecule has 0 heterocycles. The first-order chi connectivity index (χ1) is 8.38. The molecule has 1 aliphatic carbocycles. The van der Waals surface area contributed by atoms with E-state index < -0.39 is 0 Å². The highest BCUT2D eigenvalue weighted by Gasteiger charge is 2.14. The summed E-state index contributed by atoms with van der Waals surface area (Å²) in [6.07, 6.45) is 10.6. The minimum Gasteiger partial charge on any atom is -0.269 e. The monoisotopic (exact) mass is 346 g/mol. The van der Waals surface area contributed by atoms with Gasteiger partial charge in [-0.1, -0.05) is 62.2 Å². The predicted octanol–water partition coefficient (Wildman–Crippen LogP) is 6.42. The Hall–Kier alpha value is -1.04. The fourth-order valence-corrected chi connectivity index (χ4v) is 3.35. The summed E-state index contributed by atoms with van der Waals surface area (Å²) in [6, 6.07) is 10.7. The quantitative estimate of drug-likeness (QED) is 0.555. The molecule has 0 aromatic heterocycles. The molecule has 2 rings (SSSR count). The van der Waals surface area contributed by atoms with Gasteiger partial charge in [-0.05, 0) is 42.2 Å². The number of hydrogen-bond donors (Lipinski definition) is 0. The molecule has 0 saturated carbocycles. The largest absolute Gasteiger partial charge is 0.269 e. The van der Waals surface area contributed by atoms with Crippen molar-refractivity contribution in [2.24, 2.45) is 5.92 Å². The van der Waals surface area contributed by atoms with Crippen molar-refractivity contribution >= 4 is 11.8 Å². The zero-order valence-corrected chi connectivity index (χ0v) is 13.6. The van der Waals surface area contributed by atoms with Crippen molar-refractivity contribution in [3.8, 4) is 0 Å². The summed E-state index contributed by atoms with van der Waals surface area (Å²) in [6.45, 7) is 2.29. The van der Waals surface area contributed by atoms with E-state index in [0.717, 1.165) is 5.92 Å². The number of hydrogen-bond acceptors (Lipinski definition) is 1. The maximum absolute atomic E-state index is 2.47. The molecule has 0 aliphatic heterocycles. The average Bonchev–Trinajstić information content (AvgIpc) is 2.39. The second-order valence-corrected chi connectivity index (χ2v) is 6.07. The van der Waals surface area contributed by atoms with E-state index >= 15 is 0 Å². The second-order valence-electron chi connectivity index (χ2n) is 4.87. The molecule has 1 aromatic rings. The van der Waals surface area contributed by atoms with Crippen LogP contribution < -0.4 is 0 Å². The van der Waals surface area contributed by atoms with Gasteiger partial charge >= 0.3 is 0 Å². The van der Waals surface area contributed by atoms with Gasteiger partial charge in [-0.25, -0.2) is 0 Å². The van der Waals surface area contributed by atoms with Gasteiger partial charge in [-0.15, -0.1) is 0 Å². The molecule has 1 atom stereocenters. The number of halogens is 5. The van der Waals surface area contributed by atoms with Crippen LogP contribution >= 0.6 is 11.8 Å². The SMILES string of the molecule is CCCCC1CC=C(Sc2ccccc2)CC1.F.F.F.F.F. The normalized spacial score (nSPS) is 15.5. The fraction of sp³-hybridized carbons (Fsp3) is 0.500. The van der Waals surface area contributed by atoms with E-state index in [0.29, 0.717) is 0 Å². The Balaban J connectivity index is -0.000000324. The molecular formula is C16H27F5S. The Kier molecular flexibility index (Phi) is 21.6. The molecule has 0 bridgehead atoms. The molecule has 1 aromatic carbocycles. The third kappa shape index (κ3) is 9.82. The van der Waals surface area contributed by atoms with Crippen LogP contribution in [0.2, 0.25) is 0 Å². The lowest BCUT2D eigenvalue weighted by atomic mass is 9.90. The highest BCUT2D eigenvalue weighted by Crippen LogP contribution is 2.36. The Morgan fingerprint density at radius 1 is 1.00 bits per heavy atom. The Labute approximate surface area is 133 Å². The molecule has 1 aliphatic rings. The third-order valence-corrected chi connectivity index (χ3v) is 4.58. The summed E-state index contributed by atoms with van der Waals surface area (Å²) in [4.78, 5) is 2.95. The smallest absolute Gasteiger partial charge is 0.0118 e. The van der Waals surface area contributed by atoms with Crippen molar-refractivity contribution in [2.45, 2.75) is 50.3 Å². The van der Waals surface area contributed by atoms with Gasteiger partial charge in [-0.3, -0.25) is 23.5 Å². The Morgan fingerprint density at radius 3 is 2.14 bits per heavy atom. The highest BCUT2D eigenvalue weighted by molar-refractivity contribution is 8.03. The number of thioether (sulfide) groups is 1. The Morgan fingerprint density at radius 2 is 1.64 bits per heavy atom. The van der Waals surface area contributed by atoms with Gasteiger partial charge in [-0.2, -0.15) is 0 Å². The zero-order chi connectivity index (χ0) is 11.9. The van der Waals surface area contributed by atoms with E-state index in [-0.39, 0.29) is 23.5 Å². The second kappa shape index (κ2) is 16.3. The molecule has 0 spiro atoms. The van der Waals surface area contributed by atoms with Crippen molar-refractivity contribution in [2.75, 3.05) is 0 Å². The van der Waals surface area contributed by atoms with Gasteiger partial charge in [0.25, 0.3) is 0 Å². The maximum Gasteiger partial charge on any atom is 0.0118 e. The molecule has 0 nitrogen and oxygen atoms in total. The lowest BCUT2D eigenvalue weighted by Crippen LogP contribution is -2.04. The van der Waals surface area contributed by atoms with Crippen LogP contribution in [-0.4, -0.2) is 0 Å². The van der Waals surface area contributed by atoms with Gasteiger partial charge in [0.15, 0.2) is 0 Å². The number of allylic oxidation sites excluding steroid dienone is 2. The highest BCUT2D eigenvalue weighted by atomic mass is 32.2. The topological polar surface area (TPSA) is 0 Å². The van der Waals surface area contributed by atoms with Crippen molar-refractivity contribution in [3.63, 3.8) is 0 Å². The van der Waals surface area contributed by atoms with Crippen LogP contribution in [0.25, 0.3) is 0 Å². The lowest BCUT2D eigenvalue weighted by molar-refractivity contribution is 0.427. The fourth-order valence-electron chi connectivity index (χ4n) is 2.35. The van der Waals surface area contributed by atoms with Gasteiger partial charge in [0.2, 0.25) is 0 Å². The average molecular weight is 346 g/mol. The standard InChI is InChI=1S/C16H22S.5FH/c1-2-3-7-14-10-12-16(13-11-14)17-15-8-5-4-6-9-15;;;;;/h4-6,8-9,12,14H,2-3,7,10-11,13H2,1H3;5*1H. The summed E-state index contributed by atoms with van der Waals surface area (Å²) in [7, 11) is 0. The molecule has 1 unspecified atom stereocenters. The van der Waals surface area contributed by atoms with Gasteiger partial charge in [0, 0.05) is 4.90 Å². The first-order valence-corrected chi connectivity index (χ1v) is 7.62. The number of benzene rings is 1. The molecule has 6 heteroatoms. The lowest BCUT2D eigenvalue weighted by Gasteiger charge is -2.21. The Bertz CT molecular complexity index is 370. The van der Waals surface area contributed by atoms with E-state index in [4.69, 9.17) is 0 Å². The molecule has 0 amide bonds. The summed E-state index contributed by atoms with van der Waals surface area (Å²) >= 11 is 1.95. The van der Waals surface area contributed by atoms with E-state index in [9.17, 15) is 0 Å². The van der Waals surface area contributed by atoms with Crippen LogP contribution in [0, 0.1) is 5.92 Å². The minimum atomic E-state index is 0. The molecule has 22 heavy (non-hydrogen) atoms. The molecule has 132 valence electrons.